The average molecular weight is 330 g/mol. The Morgan fingerprint density at radius 2 is 1.00 bits per heavy atom. The Morgan fingerprint density at radius 1 is 0.565 bits per heavy atom. The Kier molecular flexibility index (Phi) is 3.14. The molecule has 6 heteroatoms. The molecule has 3 saturated heterocycles. The Labute approximate surface area is 138 Å². The van der Waals surface area contributed by atoms with Crippen molar-refractivity contribution in [3.05, 3.63) is 0 Å². The van der Waals surface area contributed by atoms with Crippen molar-refractivity contribution in [2.75, 3.05) is 6.61 Å². The molecular formula is C17H30O6. The number of hydrogen-bond donors (Lipinski definition) is 1. The van der Waals surface area contributed by atoms with Gasteiger partial charge in [-0.2, -0.15) is 0 Å². The summed E-state index contributed by atoms with van der Waals surface area (Å²) in [4.78, 5) is 0. The summed E-state index contributed by atoms with van der Waals surface area (Å²) in [7, 11) is 0. The monoisotopic (exact) mass is 330 g/mol. The van der Waals surface area contributed by atoms with E-state index >= 15 is 0 Å². The van der Waals surface area contributed by atoms with Crippen LogP contribution >= 0.6 is 0 Å². The van der Waals surface area contributed by atoms with E-state index in [2.05, 4.69) is 0 Å². The zero-order valence-corrected chi connectivity index (χ0v) is 15.7. The third kappa shape index (κ3) is 1.80. The van der Waals surface area contributed by atoms with Crippen LogP contribution in [0.15, 0.2) is 0 Å². The second-order valence-electron chi connectivity index (χ2n) is 8.74. The summed E-state index contributed by atoms with van der Waals surface area (Å²) in [5.74, 6) is -2.77. The molecular weight excluding hydrogens is 300 g/mol. The van der Waals surface area contributed by atoms with Gasteiger partial charge < -0.3 is 28.8 Å². The molecule has 3 aliphatic rings. The van der Waals surface area contributed by atoms with Gasteiger partial charge in [-0.15, -0.1) is 0 Å². The Bertz CT molecular complexity index is 547. The first kappa shape index (κ1) is 17.6. The lowest BCUT2D eigenvalue weighted by molar-refractivity contribution is -0.395. The smallest absolute Gasteiger partial charge is 0.201 e. The number of rotatable bonds is 1. The number of aliphatic hydroxyl groups excluding tert-OH is 1. The zero-order valence-electron chi connectivity index (χ0n) is 15.7. The molecule has 0 aromatic rings. The third-order valence-electron chi connectivity index (χ3n) is 6.21. The predicted octanol–water partition coefficient (Wildman–Crippen LogP) is 2.33. The van der Waals surface area contributed by atoms with Crippen molar-refractivity contribution >= 4 is 0 Å². The molecule has 0 unspecified atom stereocenters. The van der Waals surface area contributed by atoms with E-state index in [1.807, 2.05) is 62.3 Å². The molecule has 3 rings (SSSR count). The van der Waals surface area contributed by atoms with E-state index in [1.54, 1.807) is 0 Å². The number of fused-ring (bicyclic) bond motifs is 3. The number of aliphatic hydroxyl groups is 1. The highest BCUT2D eigenvalue weighted by Gasteiger charge is 2.84. The van der Waals surface area contributed by atoms with Gasteiger partial charge in [0.2, 0.25) is 5.79 Å². The fourth-order valence-corrected chi connectivity index (χ4v) is 4.89. The summed E-state index contributed by atoms with van der Waals surface area (Å²) < 4.78 is 31.5. The van der Waals surface area contributed by atoms with Crippen LogP contribution in [0, 0.1) is 0 Å². The van der Waals surface area contributed by atoms with Crippen LogP contribution in [0.5, 0.6) is 0 Å². The van der Waals surface area contributed by atoms with Crippen LogP contribution in [0.1, 0.15) is 62.3 Å². The highest BCUT2D eigenvalue weighted by Crippen LogP contribution is 2.66. The highest BCUT2D eigenvalue weighted by atomic mass is 16.9. The molecule has 0 aromatic heterocycles. The van der Waals surface area contributed by atoms with Crippen molar-refractivity contribution in [3.63, 3.8) is 0 Å². The summed E-state index contributed by atoms with van der Waals surface area (Å²) in [6, 6.07) is 0. The van der Waals surface area contributed by atoms with E-state index in [-0.39, 0.29) is 6.61 Å². The number of hydrogen-bond acceptors (Lipinski definition) is 6. The lowest BCUT2D eigenvalue weighted by Crippen LogP contribution is -2.82. The first-order valence-electron chi connectivity index (χ1n) is 8.21. The van der Waals surface area contributed by atoms with Gasteiger partial charge in [0, 0.05) is 0 Å². The summed E-state index contributed by atoms with van der Waals surface area (Å²) in [5.41, 5.74) is -3.79. The molecule has 1 N–H and O–H groups in total. The molecule has 0 bridgehead atoms. The molecule has 0 spiro atoms. The predicted molar refractivity (Wildman–Crippen MR) is 82.7 cm³/mol. The van der Waals surface area contributed by atoms with Crippen LogP contribution in [-0.4, -0.2) is 51.5 Å². The maximum absolute atomic E-state index is 10.1. The molecule has 0 saturated carbocycles. The Hall–Kier alpha value is -0.240. The normalized spacial score (nSPS) is 57.1. The maximum Gasteiger partial charge on any atom is 0.201 e. The van der Waals surface area contributed by atoms with E-state index < -0.39 is 39.8 Å². The summed E-state index contributed by atoms with van der Waals surface area (Å²) in [5, 5.41) is 10.1. The van der Waals surface area contributed by atoms with Gasteiger partial charge in [0.15, 0.2) is 17.2 Å². The van der Waals surface area contributed by atoms with Gasteiger partial charge in [-0.25, -0.2) is 0 Å². The van der Waals surface area contributed by atoms with Crippen molar-refractivity contribution in [2.45, 2.75) is 102 Å². The standard InChI is InChI=1S/C17H30O6/c1-11(2)19-14(6)13(5,10-18)23-17(9)16(8,15(14,7)20-11)21-12(3,4)22-17/h18H,10H2,1-9H3/t13-,14+,15-,16-,17+/m1/s1. The zero-order chi connectivity index (χ0) is 17.7. The van der Waals surface area contributed by atoms with Crippen molar-refractivity contribution in [2.24, 2.45) is 0 Å². The lowest BCUT2D eigenvalue weighted by atomic mass is 9.61. The van der Waals surface area contributed by atoms with Gasteiger partial charge in [0.1, 0.15) is 16.8 Å². The van der Waals surface area contributed by atoms with Gasteiger partial charge in [0.05, 0.1) is 6.61 Å². The second-order valence-corrected chi connectivity index (χ2v) is 8.74. The SMILES string of the molecule is CC1(C)O[C@@]2(C)O[C@](C)(CO)[C@]3(C)OC(C)(C)O[C@@]3(C)[C@@]2(C)O1. The first-order valence-corrected chi connectivity index (χ1v) is 8.21. The molecule has 0 aliphatic carbocycles. The van der Waals surface area contributed by atoms with Crippen molar-refractivity contribution in [1.29, 1.82) is 0 Å². The molecule has 0 radical (unpaired) electrons. The maximum atomic E-state index is 10.1. The van der Waals surface area contributed by atoms with E-state index in [1.165, 1.54) is 0 Å². The van der Waals surface area contributed by atoms with Crippen LogP contribution in [-0.2, 0) is 23.7 Å². The first-order chi connectivity index (χ1) is 10.1. The summed E-state index contributed by atoms with van der Waals surface area (Å²) in [6.45, 7) is 16.7. The molecule has 3 heterocycles. The van der Waals surface area contributed by atoms with Crippen LogP contribution in [0.4, 0.5) is 0 Å². The molecule has 134 valence electrons. The van der Waals surface area contributed by atoms with Gasteiger partial charge in [-0.3, -0.25) is 0 Å². The van der Waals surface area contributed by atoms with Crippen LogP contribution in [0.2, 0.25) is 0 Å². The van der Waals surface area contributed by atoms with Gasteiger partial charge >= 0.3 is 0 Å². The molecule has 6 nitrogen and oxygen atoms in total. The minimum atomic E-state index is -1.09. The van der Waals surface area contributed by atoms with E-state index in [4.69, 9.17) is 23.7 Å². The van der Waals surface area contributed by atoms with Gasteiger partial charge in [0.25, 0.3) is 0 Å². The highest BCUT2D eigenvalue weighted by molar-refractivity contribution is 5.28. The van der Waals surface area contributed by atoms with Crippen LogP contribution < -0.4 is 0 Å². The van der Waals surface area contributed by atoms with Gasteiger partial charge in [-0.05, 0) is 62.3 Å². The fourth-order valence-electron chi connectivity index (χ4n) is 4.89. The van der Waals surface area contributed by atoms with E-state index in [9.17, 15) is 5.11 Å². The number of ether oxygens (including phenoxy) is 5. The fraction of sp³-hybridized carbons (Fsp3) is 1.00. The van der Waals surface area contributed by atoms with Gasteiger partial charge in [-0.1, -0.05) is 0 Å². The molecule has 0 aromatic carbocycles. The minimum absolute atomic E-state index is 0.228. The summed E-state index contributed by atoms with van der Waals surface area (Å²) in [6.07, 6.45) is 0. The largest absolute Gasteiger partial charge is 0.393 e. The molecule has 3 fully saturated rings. The third-order valence-corrected chi connectivity index (χ3v) is 6.21. The Morgan fingerprint density at radius 3 is 1.52 bits per heavy atom. The Balaban J connectivity index is 2.26. The van der Waals surface area contributed by atoms with E-state index in [0.29, 0.717) is 0 Å². The topological polar surface area (TPSA) is 66.4 Å². The van der Waals surface area contributed by atoms with Crippen molar-refractivity contribution in [3.8, 4) is 0 Å². The molecule has 23 heavy (non-hydrogen) atoms. The van der Waals surface area contributed by atoms with Crippen LogP contribution in [0.25, 0.3) is 0 Å². The van der Waals surface area contributed by atoms with Crippen molar-refractivity contribution in [1.82, 2.24) is 0 Å². The quantitative estimate of drug-likeness (QED) is 0.796. The molecule has 3 aliphatic heterocycles. The minimum Gasteiger partial charge on any atom is -0.393 e. The van der Waals surface area contributed by atoms with E-state index in [0.717, 1.165) is 0 Å². The summed E-state index contributed by atoms with van der Waals surface area (Å²) >= 11 is 0. The lowest BCUT2D eigenvalue weighted by Gasteiger charge is -2.63. The van der Waals surface area contributed by atoms with Crippen LogP contribution in [0.3, 0.4) is 0 Å². The average Bonchev–Trinajstić information content (AvgIpc) is 2.65. The van der Waals surface area contributed by atoms with Crippen molar-refractivity contribution < 1.29 is 28.8 Å². The molecule has 0 amide bonds. The molecule has 5 atom stereocenters. The second kappa shape index (κ2) is 4.11.